The van der Waals surface area contributed by atoms with Crippen LogP contribution in [0, 0.1) is 0 Å². The van der Waals surface area contributed by atoms with E-state index in [-0.39, 0.29) is 5.78 Å². The highest BCUT2D eigenvalue weighted by molar-refractivity contribution is 6.13. The summed E-state index contributed by atoms with van der Waals surface area (Å²) >= 11 is 0. The number of ether oxygens (including phenoxy) is 1. The van der Waals surface area contributed by atoms with Crippen molar-refractivity contribution in [1.82, 2.24) is 5.32 Å². The quantitative estimate of drug-likeness (QED) is 0.804. The molecule has 4 heteroatoms. The average Bonchev–Trinajstić information content (AvgIpc) is 2.36. The molecule has 0 radical (unpaired) electrons. The summed E-state index contributed by atoms with van der Waals surface area (Å²) in [5.41, 5.74) is 2.72. The molecule has 2 rings (SSSR count). The molecule has 0 unspecified atom stereocenters. The van der Waals surface area contributed by atoms with Crippen molar-refractivity contribution < 1.29 is 9.53 Å². The fraction of sp³-hybridized carbons (Fsp3) is 0.692. The molecule has 0 saturated carbocycles. The summed E-state index contributed by atoms with van der Waals surface area (Å²) in [5.74, 6) is 0.190. The Labute approximate surface area is 102 Å². The Morgan fingerprint density at radius 1 is 1.53 bits per heavy atom. The van der Waals surface area contributed by atoms with Crippen molar-refractivity contribution in [1.29, 1.82) is 0 Å². The van der Waals surface area contributed by atoms with Crippen LogP contribution >= 0.6 is 0 Å². The maximum absolute atomic E-state index is 11.9. The van der Waals surface area contributed by atoms with E-state index >= 15 is 0 Å². The third-order valence-corrected chi connectivity index (χ3v) is 3.34. The van der Waals surface area contributed by atoms with Gasteiger partial charge in [-0.2, -0.15) is 0 Å². The van der Waals surface area contributed by atoms with Crippen LogP contribution in [0.2, 0.25) is 0 Å². The molecule has 4 nitrogen and oxygen atoms in total. The van der Waals surface area contributed by atoms with Crippen molar-refractivity contribution in [3.8, 4) is 0 Å². The first-order chi connectivity index (χ1) is 8.20. The number of hydrogen-bond donors (Lipinski definition) is 1. The van der Waals surface area contributed by atoms with Crippen LogP contribution in [0.4, 0.5) is 0 Å². The molecule has 0 bridgehead atoms. The lowest BCUT2D eigenvalue weighted by Gasteiger charge is -2.23. The number of nitrogens with one attached hydrogen (secondary N) is 1. The third-order valence-electron chi connectivity index (χ3n) is 3.34. The highest BCUT2D eigenvalue weighted by atomic mass is 16.5. The molecule has 2 aliphatic rings. The van der Waals surface area contributed by atoms with E-state index in [2.05, 4.69) is 24.2 Å². The smallest absolute Gasteiger partial charge is 0.168 e. The van der Waals surface area contributed by atoms with Gasteiger partial charge >= 0.3 is 0 Å². The summed E-state index contributed by atoms with van der Waals surface area (Å²) in [6.07, 6.45) is 2.31. The Balaban J connectivity index is 2.02. The van der Waals surface area contributed by atoms with Crippen LogP contribution in [0.5, 0.6) is 0 Å². The van der Waals surface area contributed by atoms with Gasteiger partial charge < -0.3 is 10.1 Å². The molecule has 0 aliphatic carbocycles. The molecule has 0 saturated heterocycles. The highest BCUT2D eigenvalue weighted by Gasteiger charge is 2.25. The van der Waals surface area contributed by atoms with Gasteiger partial charge in [-0.15, -0.1) is 0 Å². The second kappa shape index (κ2) is 5.56. The maximum atomic E-state index is 11.9. The molecule has 0 aromatic heterocycles. The monoisotopic (exact) mass is 236 g/mol. The second-order valence-corrected chi connectivity index (χ2v) is 4.70. The highest BCUT2D eigenvalue weighted by Crippen LogP contribution is 2.23. The molecule has 0 amide bonds. The Morgan fingerprint density at radius 3 is 3.12 bits per heavy atom. The number of Topliss-reactive ketones (excluding diaryl/α,β-unsaturated/α-hetero) is 1. The molecule has 94 valence electrons. The summed E-state index contributed by atoms with van der Waals surface area (Å²) in [6.45, 7) is 6.14. The Kier molecular flexibility index (Phi) is 4.07. The number of carbonyl (C=O) groups is 1. The third kappa shape index (κ3) is 3.01. The molecule has 1 atom stereocenters. The molecular weight excluding hydrogens is 216 g/mol. The molecule has 0 fully saturated rings. The predicted octanol–water partition coefficient (Wildman–Crippen LogP) is 1.46. The zero-order valence-electron chi connectivity index (χ0n) is 10.6. The van der Waals surface area contributed by atoms with Gasteiger partial charge in [-0.3, -0.25) is 9.79 Å². The summed E-state index contributed by atoms with van der Waals surface area (Å²) in [5, 5.41) is 3.38. The normalized spacial score (nSPS) is 22.2. The van der Waals surface area contributed by atoms with Crippen LogP contribution in [0.3, 0.4) is 0 Å². The van der Waals surface area contributed by atoms with E-state index in [1.165, 1.54) is 0 Å². The number of hydrogen-bond acceptors (Lipinski definition) is 4. The van der Waals surface area contributed by atoms with Gasteiger partial charge in [-0.1, -0.05) is 6.92 Å². The summed E-state index contributed by atoms with van der Waals surface area (Å²) in [6, 6.07) is 0.470. The molecule has 0 aromatic carbocycles. The lowest BCUT2D eigenvalue weighted by Crippen LogP contribution is -2.34. The number of nitrogens with zero attached hydrogens (tertiary/aromatic N) is 1. The average molecular weight is 236 g/mol. The van der Waals surface area contributed by atoms with E-state index in [4.69, 9.17) is 4.74 Å². The number of ketones is 1. The Hall–Kier alpha value is -1.00. The summed E-state index contributed by atoms with van der Waals surface area (Å²) < 4.78 is 5.30. The summed E-state index contributed by atoms with van der Waals surface area (Å²) in [7, 11) is 0. The minimum Gasteiger partial charge on any atom is -0.376 e. The predicted molar refractivity (Wildman–Crippen MR) is 67.3 cm³/mol. The van der Waals surface area contributed by atoms with E-state index in [0.29, 0.717) is 25.7 Å². The van der Waals surface area contributed by atoms with Crippen molar-refractivity contribution in [3.05, 3.63) is 11.3 Å². The van der Waals surface area contributed by atoms with Crippen LogP contribution in [-0.2, 0) is 9.53 Å². The van der Waals surface area contributed by atoms with Crippen LogP contribution in [-0.4, -0.2) is 37.3 Å². The molecular formula is C13H20N2O2. The standard InChI is InChI=1S/C13H20N2O2/c1-3-9(2)14-7-10-6-13(16)11-8-17-5-4-12(11)15-10/h9,14H,3-8H2,1-2H3/t9-/m1/s1. The fourth-order valence-electron chi connectivity index (χ4n) is 2.00. The first-order valence-corrected chi connectivity index (χ1v) is 6.33. The number of rotatable bonds is 4. The van der Waals surface area contributed by atoms with E-state index in [9.17, 15) is 4.79 Å². The van der Waals surface area contributed by atoms with E-state index in [0.717, 1.165) is 36.4 Å². The van der Waals surface area contributed by atoms with E-state index < -0.39 is 0 Å². The van der Waals surface area contributed by atoms with Gasteiger partial charge in [0, 0.05) is 30.3 Å². The first-order valence-electron chi connectivity index (χ1n) is 6.33. The van der Waals surface area contributed by atoms with Crippen LogP contribution in [0.1, 0.15) is 33.1 Å². The van der Waals surface area contributed by atoms with Gasteiger partial charge in [0.2, 0.25) is 0 Å². The van der Waals surface area contributed by atoms with Gasteiger partial charge in [0.25, 0.3) is 0 Å². The first kappa shape index (κ1) is 12.5. The lowest BCUT2D eigenvalue weighted by molar-refractivity contribution is -0.115. The molecule has 17 heavy (non-hydrogen) atoms. The largest absolute Gasteiger partial charge is 0.376 e. The van der Waals surface area contributed by atoms with Crippen LogP contribution < -0.4 is 5.32 Å². The van der Waals surface area contributed by atoms with Crippen molar-refractivity contribution in [2.75, 3.05) is 19.8 Å². The van der Waals surface area contributed by atoms with Crippen molar-refractivity contribution in [3.63, 3.8) is 0 Å². The minimum atomic E-state index is 0.190. The number of carbonyl (C=O) groups excluding carboxylic acids is 1. The molecule has 1 N–H and O–H groups in total. The van der Waals surface area contributed by atoms with E-state index in [1.54, 1.807) is 0 Å². The van der Waals surface area contributed by atoms with Gasteiger partial charge in [0.1, 0.15) is 0 Å². The molecule has 0 aromatic rings. The SMILES string of the molecule is CC[C@@H](C)NCC1=NC2=C(COCC2)C(=O)C1. The zero-order chi connectivity index (χ0) is 12.3. The van der Waals surface area contributed by atoms with Crippen LogP contribution in [0.25, 0.3) is 0 Å². The van der Waals surface area contributed by atoms with E-state index in [1.807, 2.05) is 0 Å². The van der Waals surface area contributed by atoms with Gasteiger partial charge in [-0.05, 0) is 13.3 Å². The topological polar surface area (TPSA) is 50.7 Å². The van der Waals surface area contributed by atoms with Gasteiger partial charge in [-0.25, -0.2) is 0 Å². The zero-order valence-corrected chi connectivity index (χ0v) is 10.6. The minimum absolute atomic E-state index is 0.190. The van der Waals surface area contributed by atoms with Crippen molar-refractivity contribution >= 4 is 11.5 Å². The maximum Gasteiger partial charge on any atom is 0.168 e. The lowest BCUT2D eigenvalue weighted by atomic mass is 9.98. The summed E-state index contributed by atoms with van der Waals surface area (Å²) in [4.78, 5) is 16.5. The van der Waals surface area contributed by atoms with Crippen molar-refractivity contribution in [2.45, 2.75) is 39.2 Å². The van der Waals surface area contributed by atoms with Crippen molar-refractivity contribution in [2.24, 2.45) is 4.99 Å². The Bertz CT molecular complexity index is 372. The molecule has 2 aliphatic heterocycles. The molecule has 0 spiro atoms. The Morgan fingerprint density at radius 2 is 2.35 bits per heavy atom. The van der Waals surface area contributed by atoms with Gasteiger partial charge in [0.05, 0.1) is 25.3 Å². The second-order valence-electron chi connectivity index (χ2n) is 4.70. The number of aliphatic imine (C=N–C) groups is 1. The fourth-order valence-corrected chi connectivity index (χ4v) is 2.00. The van der Waals surface area contributed by atoms with Crippen LogP contribution in [0.15, 0.2) is 16.3 Å². The molecule has 2 heterocycles. The van der Waals surface area contributed by atoms with Gasteiger partial charge in [0.15, 0.2) is 5.78 Å².